The van der Waals surface area contributed by atoms with E-state index in [0.29, 0.717) is 24.9 Å². The van der Waals surface area contributed by atoms with Crippen LogP contribution in [0.25, 0.3) is 0 Å². The van der Waals surface area contributed by atoms with Crippen LogP contribution in [-0.2, 0) is 11.3 Å². The Morgan fingerprint density at radius 3 is 2.78 bits per heavy atom. The molecule has 1 aromatic heterocycles. The maximum absolute atomic E-state index is 12.3. The third kappa shape index (κ3) is 5.26. The van der Waals surface area contributed by atoms with Gasteiger partial charge in [-0.1, -0.05) is 13.8 Å². The minimum Gasteiger partial charge on any atom is -0.340 e. The molecule has 23 heavy (non-hydrogen) atoms. The smallest absolute Gasteiger partial charge is 0.223 e. The molecule has 5 nitrogen and oxygen atoms in total. The highest BCUT2D eigenvalue weighted by molar-refractivity contribution is 7.09. The predicted octanol–water partition coefficient (Wildman–Crippen LogP) is 2.25. The summed E-state index contributed by atoms with van der Waals surface area (Å²) in [6, 6.07) is 0.588. The van der Waals surface area contributed by atoms with Crippen LogP contribution in [0.4, 0.5) is 0 Å². The van der Waals surface area contributed by atoms with E-state index in [4.69, 9.17) is 0 Å². The van der Waals surface area contributed by atoms with E-state index in [9.17, 15) is 4.79 Å². The summed E-state index contributed by atoms with van der Waals surface area (Å²) >= 11 is 1.68. The van der Waals surface area contributed by atoms with E-state index in [-0.39, 0.29) is 5.91 Å². The van der Waals surface area contributed by atoms with Crippen LogP contribution in [0.5, 0.6) is 0 Å². The SMILES string of the molecule is CC(C)c1nc(CN(C)C(=O)CCN(C)C2CCN(C)C2)cs1. The Labute approximate surface area is 144 Å². The standard InChI is InChI=1S/C17H30N4OS/c1-13(2)17-18-14(12-23-17)10-21(5)16(22)7-9-20(4)15-6-8-19(3)11-15/h12-13,15H,6-11H2,1-5H3. The number of nitrogens with zero attached hydrogens (tertiary/aromatic N) is 4. The Morgan fingerprint density at radius 2 is 2.22 bits per heavy atom. The van der Waals surface area contributed by atoms with E-state index in [2.05, 4.69) is 48.1 Å². The van der Waals surface area contributed by atoms with Crippen LogP contribution in [0.3, 0.4) is 0 Å². The minimum absolute atomic E-state index is 0.197. The number of aromatic nitrogens is 1. The fraction of sp³-hybridized carbons (Fsp3) is 0.765. The monoisotopic (exact) mass is 338 g/mol. The Morgan fingerprint density at radius 1 is 1.48 bits per heavy atom. The second-order valence-electron chi connectivity index (χ2n) is 7.02. The Kier molecular flexibility index (Phi) is 6.56. The normalized spacial score (nSPS) is 19.0. The number of hydrogen-bond acceptors (Lipinski definition) is 5. The average Bonchev–Trinajstić information content (AvgIpc) is 3.13. The molecule has 0 radical (unpaired) electrons. The number of carbonyl (C=O) groups is 1. The fourth-order valence-electron chi connectivity index (χ4n) is 2.91. The maximum Gasteiger partial charge on any atom is 0.223 e. The number of thiazole rings is 1. The molecule has 0 N–H and O–H groups in total. The van der Waals surface area contributed by atoms with Crippen molar-refractivity contribution in [2.75, 3.05) is 40.8 Å². The number of amides is 1. The van der Waals surface area contributed by atoms with Crippen molar-refractivity contribution in [2.24, 2.45) is 0 Å². The first-order chi connectivity index (χ1) is 10.9. The minimum atomic E-state index is 0.197. The lowest BCUT2D eigenvalue weighted by atomic mass is 10.2. The fourth-order valence-corrected chi connectivity index (χ4v) is 3.73. The number of rotatable bonds is 7. The van der Waals surface area contributed by atoms with E-state index in [1.165, 1.54) is 6.42 Å². The molecular weight excluding hydrogens is 308 g/mol. The molecule has 6 heteroatoms. The molecule has 1 fully saturated rings. The number of carbonyl (C=O) groups excluding carboxylic acids is 1. The topological polar surface area (TPSA) is 39.7 Å². The highest BCUT2D eigenvalue weighted by Crippen LogP contribution is 2.20. The van der Waals surface area contributed by atoms with Crippen molar-refractivity contribution < 1.29 is 4.79 Å². The van der Waals surface area contributed by atoms with Crippen molar-refractivity contribution in [3.05, 3.63) is 16.1 Å². The van der Waals surface area contributed by atoms with Crippen molar-refractivity contribution in [1.82, 2.24) is 19.7 Å². The van der Waals surface area contributed by atoms with Gasteiger partial charge in [0.1, 0.15) is 0 Å². The first-order valence-electron chi connectivity index (χ1n) is 8.44. The molecular formula is C17H30N4OS. The van der Waals surface area contributed by atoms with Gasteiger partial charge in [-0.05, 0) is 27.1 Å². The summed E-state index contributed by atoms with van der Waals surface area (Å²) in [5.41, 5.74) is 1.00. The molecule has 2 rings (SSSR count). The molecule has 1 unspecified atom stereocenters. The second-order valence-corrected chi connectivity index (χ2v) is 7.91. The summed E-state index contributed by atoms with van der Waals surface area (Å²) in [7, 11) is 6.17. The van der Waals surface area contributed by atoms with Gasteiger partial charge in [-0.25, -0.2) is 4.98 Å². The zero-order valence-electron chi connectivity index (χ0n) is 15.1. The van der Waals surface area contributed by atoms with Gasteiger partial charge in [0.25, 0.3) is 0 Å². The molecule has 1 aliphatic heterocycles. The van der Waals surface area contributed by atoms with Gasteiger partial charge in [0.2, 0.25) is 5.91 Å². The van der Waals surface area contributed by atoms with E-state index in [0.717, 1.165) is 30.3 Å². The van der Waals surface area contributed by atoms with Crippen molar-refractivity contribution in [3.63, 3.8) is 0 Å². The van der Waals surface area contributed by atoms with Gasteiger partial charge in [-0.15, -0.1) is 11.3 Å². The van der Waals surface area contributed by atoms with Crippen LogP contribution >= 0.6 is 11.3 Å². The second kappa shape index (κ2) is 8.22. The van der Waals surface area contributed by atoms with Gasteiger partial charge in [0.15, 0.2) is 0 Å². The number of likely N-dealkylation sites (tertiary alicyclic amines) is 1. The summed E-state index contributed by atoms with van der Waals surface area (Å²) in [5, 5.41) is 3.21. The molecule has 1 atom stereocenters. The van der Waals surface area contributed by atoms with Crippen molar-refractivity contribution >= 4 is 17.2 Å². The molecule has 1 aliphatic rings. The highest BCUT2D eigenvalue weighted by atomic mass is 32.1. The molecule has 0 aromatic carbocycles. The van der Waals surface area contributed by atoms with Crippen molar-refractivity contribution in [2.45, 2.75) is 45.2 Å². The van der Waals surface area contributed by atoms with Crippen LogP contribution in [0.2, 0.25) is 0 Å². The molecule has 1 saturated heterocycles. The van der Waals surface area contributed by atoms with Crippen molar-refractivity contribution in [1.29, 1.82) is 0 Å². The quantitative estimate of drug-likeness (QED) is 0.764. The largest absolute Gasteiger partial charge is 0.340 e. The van der Waals surface area contributed by atoms with Gasteiger partial charge in [0, 0.05) is 43.9 Å². The maximum atomic E-state index is 12.3. The van der Waals surface area contributed by atoms with Gasteiger partial charge in [0.05, 0.1) is 17.2 Å². The highest BCUT2D eigenvalue weighted by Gasteiger charge is 2.23. The summed E-state index contributed by atoms with van der Waals surface area (Å²) in [5.74, 6) is 0.648. The van der Waals surface area contributed by atoms with Crippen molar-refractivity contribution in [3.8, 4) is 0 Å². The first kappa shape index (κ1) is 18.4. The van der Waals surface area contributed by atoms with Crippen LogP contribution in [-0.4, -0.2) is 72.4 Å². The molecule has 0 bridgehead atoms. The van der Waals surface area contributed by atoms with Crippen LogP contribution in [0.15, 0.2) is 5.38 Å². The number of hydrogen-bond donors (Lipinski definition) is 0. The van der Waals surface area contributed by atoms with E-state index >= 15 is 0 Å². The molecule has 0 saturated carbocycles. The van der Waals surface area contributed by atoms with Gasteiger partial charge >= 0.3 is 0 Å². The first-order valence-corrected chi connectivity index (χ1v) is 9.31. The molecule has 1 amide bonds. The van der Waals surface area contributed by atoms with Gasteiger partial charge in [-0.3, -0.25) is 4.79 Å². The summed E-state index contributed by atoms with van der Waals surface area (Å²) < 4.78 is 0. The van der Waals surface area contributed by atoms with E-state index in [1.54, 1.807) is 16.2 Å². The zero-order valence-corrected chi connectivity index (χ0v) is 15.9. The third-order valence-corrected chi connectivity index (χ3v) is 5.75. The summed E-state index contributed by atoms with van der Waals surface area (Å²) in [6.07, 6.45) is 1.78. The lowest BCUT2D eigenvalue weighted by Gasteiger charge is -2.25. The Bertz CT molecular complexity index is 516. The molecule has 2 heterocycles. The lowest BCUT2D eigenvalue weighted by Crippen LogP contribution is -2.37. The van der Waals surface area contributed by atoms with Crippen LogP contribution < -0.4 is 0 Å². The van der Waals surface area contributed by atoms with E-state index in [1.807, 2.05) is 7.05 Å². The van der Waals surface area contributed by atoms with Gasteiger partial charge < -0.3 is 14.7 Å². The van der Waals surface area contributed by atoms with Crippen LogP contribution in [0.1, 0.15) is 43.3 Å². The van der Waals surface area contributed by atoms with Gasteiger partial charge in [-0.2, -0.15) is 0 Å². The molecule has 0 aliphatic carbocycles. The third-order valence-electron chi connectivity index (χ3n) is 4.56. The summed E-state index contributed by atoms with van der Waals surface area (Å²) in [4.78, 5) is 23.4. The lowest BCUT2D eigenvalue weighted by molar-refractivity contribution is -0.130. The van der Waals surface area contributed by atoms with Crippen LogP contribution in [0, 0.1) is 0 Å². The Hall–Kier alpha value is -0.980. The average molecular weight is 339 g/mol. The zero-order chi connectivity index (χ0) is 17.0. The molecule has 0 spiro atoms. The Balaban J connectivity index is 1.75. The predicted molar refractivity (Wildman–Crippen MR) is 95.8 cm³/mol. The summed E-state index contributed by atoms with van der Waals surface area (Å²) in [6.45, 7) is 8.00. The molecule has 130 valence electrons. The number of likely N-dealkylation sites (N-methyl/N-ethyl adjacent to an activating group) is 2. The molecule has 1 aromatic rings. The van der Waals surface area contributed by atoms with E-state index < -0.39 is 0 Å².